The van der Waals surface area contributed by atoms with E-state index in [-0.39, 0.29) is 0 Å². The van der Waals surface area contributed by atoms with E-state index < -0.39 is 24.0 Å². The van der Waals surface area contributed by atoms with E-state index in [4.69, 9.17) is 4.74 Å². The third-order valence-electron chi connectivity index (χ3n) is 3.34. The molecule has 19 heavy (non-hydrogen) atoms. The smallest absolute Gasteiger partial charge is 0.409 e. The second-order valence-electron chi connectivity index (χ2n) is 5.07. The first-order valence-electron chi connectivity index (χ1n) is 6.15. The number of carbonyl (C=O) groups excluding carboxylic acids is 1. The van der Waals surface area contributed by atoms with E-state index in [1.807, 2.05) is 30.3 Å². The molecule has 5 nitrogen and oxygen atoms in total. The second kappa shape index (κ2) is 5.01. The molecule has 2 atom stereocenters. The third-order valence-corrected chi connectivity index (χ3v) is 3.34. The van der Waals surface area contributed by atoms with Crippen LogP contribution in [0.5, 0.6) is 0 Å². The highest BCUT2D eigenvalue weighted by Crippen LogP contribution is 2.33. The Kier molecular flexibility index (Phi) is 3.57. The minimum atomic E-state index is -1.07. The fourth-order valence-electron chi connectivity index (χ4n) is 2.57. The van der Waals surface area contributed by atoms with E-state index in [1.165, 1.54) is 4.90 Å². The molecule has 1 fully saturated rings. The summed E-state index contributed by atoms with van der Waals surface area (Å²) in [6.07, 6.45) is -0.667. The zero-order valence-corrected chi connectivity index (χ0v) is 10.9. The minimum absolute atomic E-state index is 0.458. The van der Waals surface area contributed by atoms with Crippen molar-refractivity contribution < 1.29 is 19.4 Å². The maximum Gasteiger partial charge on any atom is 0.409 e. The van der Waals surface area contributed by atoms with Crippen molar-refractivity contribution in [1.29, 1.82) is 0 Å². The molecule has 1 aliphatic heterocycles. The van der Waals surface area contributed by atoms with Crippen LogP contribution >= 0.6 is 0 Å². The molecule has 1 saturated heterocycles. The number of aldehydes is 1. The van der Waals surface area contributed by atoms with E-state index in [0.717, 1.165) is 5.56 Å². The monoisotopic (exact) mass is 263 g/mol. The van der Waals surface area contributed by atoms with Gasteiger partial charge in [-0.25, -0.2) is 4.79 Å². The molecule has 2 unspecified atom stereocenters. The summed E-state index contributed by atoms with van der Waals surface area (Å²) in [7, 11) is 0. The van der Waals surface area contributed by atoms with Crippen LogP contribution in [0.1, 0.15) is 19.4 Å². The summed E-state index contributed by atoms with van der Waals surface area (Å²) in [4.78, 5) is 23.7. The number of benzene rings is 1. The van der Waals surface area contributed by atoms with Crippen LogP contribution in [0.15, 0.2) is 30.3 Å². The predicted octanol–water partition coefficient (Wildman–Crippen LogP) is 1.91. The van der Waals surface area contributed by atoms with Gasteiger partial charge in [0.15, 0.2) is 6.29 Å². The van der Waals surface area contributed by atoms with Gasteiger partial charge in [0, 0.05) is 0 Å². The number of ether oxygens (including phenoxy) is 1. The van der Waals surface area contributed by atoms with Gasteiger partial charge in [-0.3, -0.25) is 4.90 Å². The topological polar surface area (TPSA) is 66.8 Å². The molecule has 1 amide bonds. The molecule has 0 bridgehead atoms. The molecule has 0 radical (unpaired) electrons. The standard InChI is InChI=1S/C14H17NO4/c1-14(2)15(13(17)18)11(12(9-16)19-14)8-10-6-4-3-5-7-10/h3-7,9,11-12H,8H2,1-2H3,(H,17,18). The first-order valence-corrected chi connectivity index (χ1v) is 6.15. The Bertz CT molecular complexity index is 472. The van der Waals surface area contributed by atoms with Crippen molar-refractivity contribution in [2.45, 2.75) is 38.1 Å². The number of nitrogens with zero attached hydrogens (tertiary/aromatic N) is 1. The van der Waals surface area contributed by atoms with Crippen LogP contribution in [-0.2, 0) is 16.0 Å². The molecular formula is C14H17NO4. The molecule has 1 aromatic rings. The van der Waals surface area contributed by atoms with Crippen LogP contribution < -0.4 is 0 Å². The Morgan fingerprint density at radius 1 is 1.42 bits per heavy atom. The fraction of sp³-hybridized carbons (Fsp3) is 0.429. The summed E-state index contributed by atoms with van der Waals surface area (Å²) in [5.41, 5.74) is -0.0106. The molecule has 1 aromatic carbocycles. The predicted molar refractivity (Wildman–Crippen MR) is 68.8 cm³/mol. The summed E-state index contributed by atoms with van der Waals surface area (Å²) in [5, 5.41) is 9.34. The quantitative estimate of drug-likeness (QED) is 0.846. The van der Waals surface area contributed by atoms with Crippen LogP contribution in [0.3, 0.4) is 0 Å². The van der Waals surface area contributed by atoms with Gasteiger partial charge in [0.25, 0.3) is 0 Å². The molecule has 2 rings (SSSR count). The van der Waals surface area contributed by atoms with Crippen LogP contribution in [-0.4, -0.2) is 40.3 Å². The van der Waals surface area contributed by atoms with Crippen molar-refractivity contribution in [2.24, 2.45) is 0 Å². The molecule has 0 saturated carbocycles. The van der Waals surface area contributed by atoms with Crippen molar-refractivity contribution in [3.05, 3.63) is 35.9 Å². The Balaban J connectivity index is 2.28. The summed E-state index contributed by atoms with van der Waals surface area (Å²) < 4.78 is 5.53. The Morgan fingerprint density at radius 2 is 2.05 bits per heavy atom. The summed E-state index contributed by atoms with van der Waals surface area (Å²) in [5.74, 6) is 0. The second-order valence-corrected chi connectivity index (χ2v) is 5.07. The van der Waals surface area contributed by atoms with E-state index in [0.29, 0.717) is 12.7 Å². The normalized spacial score (nSPS) is 25.3. The SMILES string of the molecule is CC1(C)OC(C=O)C(Cc2ccccc2)N1C(=O)O. The molecule has 1 N–H and O–H groups in total. The molecule has 0 spiro atoms. The highest BCUT2D eigenvalue weighted by molar-refractivity contribution is 5.69. The van der Waals surface area contributed by atoms with Gasteiger partial charge in [0.05, 0.1) is 6.04 Å². The lowest BCUT2D eigenvalue weighted by Gasteiger charge is -2.30. The number of hydrogen-bond acceptors (Lipinski definition) is 3. The van der Waals surface area contributed by atoms with Crippen molar-refractivity contribution >= 4 is 12.4 Å². The zero-order chi connectivity index (χ0) is 14.0. The van der Waals surface area contributed by atoms with Gasteiger partial charge in [0.2, 0.25) is 0 Å². The molecule has 1 heterocycles. The van der Waals surface area contributed by atoms with Gasteiger partial charge in [0.1, 0.15) is 11.8 Å². The lowest BCUT2D eigenvalue weighted by atomic mass is 10.0. The maximum absolute atomic E-state index is 11.4. The first-order chi connectivity index (χ1) is 8.95. The van der Waals surface area contributed by atoms with Crippen molar-refractivity contribution in [3.63, 3.8) is 0 Å². The van der Waals surface area contributed by atoms with E-state index in [2.05, 4.69) is 0 Å². The highest BCUT2D eigenvalue weighted by Gasteiger charge is 2.49. The number of hydrogen-bond donors (Lipinski definition) is 1. The summed E-state index contributed by atoms with van der Waals surface area (Å²) >= 11 is 0. The lowest BCUT2D eigenvalue weighted by molar-refractivity contribution is -0.123. The van der Waals surface area contributed by atoms with Gasteiger partial charge >= 0.3 is 6.09 Å². The molecule has 0 aromatic heterocycles. The number of rotatable bonds is 3. The fourth-order valence-corrected chi connectivity index (χ4v) is 2.57. The summed E-state index contributed by atoms with van der Waals surface area (Å²) in [6.45, 7) is 3.31. The molecule has 5 heteroatoms. The molecule has 0 aliphatic carbocycles. The number of amides is 1. The number of carboxylic acid groups (broad SMARTS) is 1. The van der Waals surface area contributed by atoms with Crippen molar-refractivity contribution in [2.75, 3.05) is 0 Å². The van der Waals surface area contributed by atoms with Crippen LogP contribution in [0.2, 0.25) is 0 Å². The van der Waals surface area contributed by atoms with Crippen molar-refractivity contribution in [3.8, 4) is 0 Å². The van der Waals surface area contributed by atoms with Gasteiger partial charge in [-0.2, -0.15) is 0 Å². The average molecular weight is 263 g/mol. The van der Waals surface area contributed by atoms with Crippen molar-refractivity contribution in [1.82, 2.24) is 4.90 Å². The first kappa shape index (κ1) is 13.5. The van der Waals surface area contributed by atoms with E-state index >= 15 is 0 Å². The van der Waals surface area contributed by atoms with Gasteiger partial charge in [-0.15, -0.1) is 0 Å². The maximum atomic E-state index is 11.4. The van der Waals surface area contributed by atoms with Gasteiger partial charge in [-0.1, -0.05) is 30.3 Å². The Hall–Kier alpha value is -1.88. The molecular weight excluding hydrogens is 246 g/mol. The van der Waals surface area contributed by atoms with E-state index in [9.17, 15) is 14.7 Å². The van der Waals surface area contributed by atoms with Gasteiger partial charge in [-0.05, 0) is 25.8 Å². The third kappa shape index (κ3) is 2.61. The van der Waals surface area contributed by atoms with Gasteiger partial charge < -0.3 is 14.6 Å². The van der Waals surface area contributed by atoms with Crippen LogP contribution in [0, 0.1) is 0 Å². The molecule has 1 aliphatic rings. The highest BCUT2D eigenvalue weighted by atomic mass is 16.6. The minimum Gasteiger partial charge on any atom is -0.465 e. The Morgan fingerprint density at radius 3 is 2.58 bits per heavy atom. The zero-order valence-electron chi connectivity index (χ0n) is 10.9. The summed E-state index contributed by atoms with van der Waals surface area (Å²) in [6, 6.07) is 8.99. The van der Waals surface area contributed by atoms with Crippen LogP contribution in [0.25, 0.3) is 0 Å². The lowest BCUT2D eigenvalue weighted by Crippen LogP contribution is -2.48. The Labute approximate surface area is 111 Å². The van der Waals surface area contributed by atoms with E-state index in [1.54, 1.807) is 13.8 Å². The van der Waals surface area contributed by atoms with Crippen LogP contribution in [0.4, 0.5) is 4.79 Å². The average Bonchev–Trinajstić information content (AvgIpc) is 2.61. The largest absolute Gasteiger partial charge is 0.465 e. The number of carbonyl (C=O) groups is 2. The molecule has 102 valence electrons.